The molecule has 0 aliphatic carbocycles. The summed E-state index contributed by atoms with van der Waals surface area (Å²) in [6.45, 7) is -0.538. The number of benzene rings is 1. The Hall–Kier alpha value is -0.950. The molecule has 0 aromatic heterocycles. The van der Waals surface area contributed by atoms with E-state index in [1.165, 1.54) is 12.1 Å². The fourth-order valence-electron chi connectivity index (χ4n) is 1.12. The molecule has 6 nitrogen and oxygen atoms in total. The molecule has 1 aromatic carbocycles. The zero-order valence-corrected chi connectivity index (χ0v) is 10.0. The van der Waals surface area contributed by atoms with Crippen molar-refractivity contribution in [2.75, 3.05) is 0 Å². The maximum atomic E-state index is 10.7. The van der Waals surface area contributed by atoms with E-state index in [1.807, 2.05) is 0 Å². The van der Waals surface area contributed by atoms with Crippen LogP contribution >= 0.6 is 0 Å². The number of aliphatic hydroxyl groups is 1. The van der Waals surface area contributed by atoms with E-state index < -0.39 is 28.8 Å². The number of hydrogen-bond donors (Lipinski definition) is 2. The minimum Gasteiger partial charge on any atom is -1.00 e. The van der Waals surface area contributed by atoms with Gasteiger partial charge in [0, 0.05) is 6.07 Å². The summed E-state index contributed by atoms with van der Waals surface area (Å²) in [5.74, 6) is -1.42. The van der Waals surface area contributed by atoms with Crippen molar-refractivity contribution in [3.8, 4) is 0 Å². The van der Waals surface area contributed by atoms with E-state index in [4.69, 9.17) is 10.2 Å². The van der Waals surface area contributed by atoms with Crippen molar-refractivity contribution < 1.29 is 50.9 Å². The molecule has 0 unspecified atom stereocenters. The number of nitro benzene ring substituents is 1. The summed E-state index contributed by atoms with van der Waals surface area (Å²) in [5.41, 5.74) is -0.934. The SMILES string of the molecule is O=C(O)c1c(CO)cccc1[N+](=O)[O-].[H-].[Na+]. The van der Waals surface area contributed by atoms with E-state index in [9.17, 15) is 14.9 Å². The summed E-state index contributed by atoms with van der Waals surface area (Å²) in [6, 6.07) is 3.75. The van der Waals surface area contributed by atoms with Gasteiger partial charge in [0.1, 0.15) is 5.56 Å². The molecule has 0 heterocycles. The Morgan fingerprint density at radius 2 is 2.13 bits per heavy atom. The van der Waals surface area contributed by atoms with E-state index >= 15 is 0 Å². The van der Waals surface area contributed by atoms with Crippen LogP contribution in [0.2, 0.25) is 0 Å². The van der Waals surface area contributed by atoms with Gasteiger partial charge in [-0.05, 0) is 5.56 Å². The Kier molecular flexibility index (Phi) is 5.45. The first-order valence-corrected chi connectivity index (χ1v) is 3.68. The van der Waals surface area contributed by atoms with Crippen LogP contribution in [-0.4, -0.2) is 21.1 Å². The van der Waals surface area contributed by atoms with Gasteiger partial charge < -0.3 is 11.6 Å². The average molecular weight is 221 g/mol. The maximum Gasteiger partial charge on any atom is 1.00 e. The molecular weight excluding hydrogens is 213 g/mol. The van der Waals surface area contributed by atoms with Crippen LogP contribution in [0.3, 0.4) is 0 Å². The van der Waals surface area contributed by atoms with Gasteiger partial charge in [0.25, 0.3) is 5.69 Å². The second-order valence-corrected chi connectivity index (χ2v) is 2.53. The number of carboxylic acids is 1. The molecule has 0 saturated carbocycles. The molecule has 0 saturated heterocycles. The number of aliphatic hydroxyl groups excluding tert-OH is 1. The average Bonchev–Trinajstić information content (AvgIpc) is 2.16. The molecule has 1 rings (SSSR count). The summed E-state index contributed by atoms with van der Waals surface area (Å²) in [6.07, 6.45) is 0. The molecule has 0 atom stereocenters. The van der Waals surface area contributed by atoms with Crippen molar-refractivity contribution in [3.05, 3.63) is 39.4 Å². The maximum absolute atomic E-state index is 10.7. The van der Waals surface area contributed by atoms with Crippen LogP contribution < -0.4 is 29.6 Å². The van der Waals surface area contributed by atoms with E-state index in [0.29, 0.717) is 0 Å². The minimum absolute atomic E-state index is 0. The van der Waals surface area contributed by atoms with Crippen LogP contribution in [0.15, 0.2) is 18.2 Å². The van der Waals surface area contributed by atoms with Crippen LogP contribution in [0.25, 0.3) is 0 Å². The van der Waals surface area contributed by atoms with Gasteiger partial charge in [-0.25, -0.2) is 4.79 Å². The van der Waals surface area contributed by atoms with Crippen LogP contribution in [0.4, 0.5) is 5.69 Å². The molecular formula is C8H8NNaO5. The Labute approximate surface area is 108 Å². The molecule has 0 bridgehead atoms. The Morgan fingerprint density at radius 1 is 1.53 bits per heavy atom. The minimum atomic E-state index is -1.42. The first-order valence-electron chi connectivity index (χ1n) is 3.68. The molecule has 0 fully saturated rings. The van der Waals surface area contributed by atoms with Crippen molar-refractivity contribution in [1.82, 2.24) is 0 Å². The van der Waals surface area contributed by atoms with Crippen LogP contribution in [0.5, 0.6) is 0 Å². The number of rotatable bonds is 3. The quantitative estimate of drug-likeness (QED) is 0.346. The summed E-state index contributed by atoms with van der Waals surface area (Å²) < 4.78 is 0. The van der Waals surface area contributed by atoms with Crippen molar-refractivity contribution in [1.29, 1.82) is 0 Å². The van der Waals surface area contributed by atoms with Gasteiger partial charge in [0.15, 0.2) is 0 Å². The monoisotopic (exact) mass is 221 g/mol. The Balaban J connectivity index is 0. The standard InChI is InChI=1S/C8H7NO5.Na.H/c10-4-5-2-1-3-6(9(13)14)7(5)8(11)12;;/h1-3,10H,4H2,(H,11,12);;/q;+1;-1. The van der Waals surface area contributed by atoms with Gasteiger partial charge in [0.2, 0.25) is 0 Å². The molecule has 0 spiro atoms. The van der Waals surface area contributed by atoms with Crippen molar-refractivity contribution in [2.24, 2.45) is 0 Å². The topological polar surface area (TPSA) is 101 Å². The van der Waals surface area contributed by atoms with Crippen molar-refractivity contribution in [2.45, 2.75) is 6.61 Å². The Morgan fingerprint density at radius 3 is 2.53 bits per heavy atom. The predicted molar refractivity (Wildman–Crippen MR) is 47.1 cm³/mol. The molecule has 0 radical (unpaired) electrons. The van der Waals surface area contributed by atoms with E-state index in [1.54, 1.807) is 0 Å². The summed E-state index contributed by atoms with van der Waals surface area (Å²) >= 11 is 0. The third-order valence-electron chi connectivity index (χ3n) is 1.71. The van der Waals surface area contributed by atoms with E-state index in [-0.39, 0.29) is 36.5 Å². The molecule has 15 heavy (non-hydrogen) atoms. The van der Waals surface area contributed by atoms with Crippen LogP contribution in [0.1, 0.15) is 17.3 Å². The summed E-state index contributed by atoms with van der Waals surface area (Å²) in [7, 11) is 0. The molecule has 2 N–H and O–H groups in total. The fourth-order valence-corrected chi connectivity index (χ4v) is 1.12. The molecule has 0 aliphatic rings. The van der Waals surface area contributed by atoms with Gasteiger partial charge in [-0.15, -0.1) is 0 Å². The number of hydrogen-bond acceptors (Lipinski definition) is 4. The number of nitro groups is 1. The number of nitrogens with zero attached hydrogens (tertiary/aromatic N) is 1. The first kappa shape index (κ1) is 14.1. The van der Waals surface area contributed by atoms with Crippen LogP contribution in [0, 0.1) is 10.1 Å². The van der Waals surface area contributed by atoms with E-state index in [0.717, 1.165) is 6.07 Å². The summed E-state index contributed by atoms with van der Waals surface area (Å²) in [5, 5.41) is 28.0. The molecule has 0 amide bonds. The molecule has 1 aromatic rings. The fraction of sp³-hybridized carbons (Fsp3) is 0.125. The second kappa shape index (κ2) is 5.82. The zero-order chi connectivity index (χ0) is 10.7. The van der Waals surface area contributed by atoms with Gasteiger partial charge in [-0.2, -0.15) is 0 Å². The van der Waals surface area contributed by atoms with Gasteiger partial charge >= 0.3 is 35.5 Å². The van der Waals surface area contributed by atoms with Gasteiger partial charge in [-0.3, -0.25) is 10.1 Å². The summed E-state index contributed by atoms with van der Waals surface area (Å²) in [4.78, 5) is 20.4. The third-order valence-corrected chi connectivity index (χ3v) is 1.71. The van der Waals surface area contributed by atoms with Gasteiger partial charge in [-0.1, -0.05) is 12.1 Å². The first-order chi connectivity index (χ1) is 6.57. The van der Waals surface area contributed by atoms with Gasteiger partial charge in [0.05, 0.1) is 11.5 Å². The number of aromatic carboxylic acids is 1. The second-order valence-electron chi connectivity index (χ2n) is 2.53. The van der Waals surface area contributed by atoms with Crippen molar-refractivity contribution in [3.63, 3.8) is 0 Å². The molecule has 7 heteroatoms. The normalized spacial score (nSPS) is 9.13. The van der Waals surface area contributed by atoms with E-state index in [2.05, 4.69) is 0 Å². The predicted octanol–water partition coefficient (Wildman–Crippen LogP) is -2.10. The zero-order valence-electron chi connectivity index (χ0n) is 9.01. The Bertz CT molecular complexity index is 398. The van der Waals surface area contributed by atoms with Crippen molar-refractivity contribution >= 4 is 11.7 Å². The molecule has 0 aliphatic heterocycles. The largest absolute Gasteiger partial charge is 1.00 e. The number of carbonyl (C=O) groups is 1. The molecule has 76 valence electrons. The third kappa shape index (κ3) is 3.00. The number of carboxylic acid groups (broad SMARTS) is 1. The smallest absolute Gasteiger partial charge is 1.00 e. The van der Waals surface area contributed by atoms with Crippen LogP contribution in [-0.2, 0) is 6.61 Å².